The lowest BCUT2D eigenvalue weighted by molar-refractivity contribution is 0.473. The summed E-state index contributed by atoms with van der Waals surface area (Å²) in [6, 6.07) is 14.5. The number of nitrogens with two attached hydrogens (primary N) is 1. The van der Waals surface area contributed by atoms with E-state index in [4.69, 9.17) is 5.73 Å². The van der Waals surface area contributed by atoms with Gasteiger partial charge in [0.25, 0.3) is 0 Å². The molecule has 18 heavy (non-hydrogen) atoms. The first-order valence-corrected chi connectivity index (χ1v) is 6.57. The summed E-state index contributed by atoms with van der Waals surface area (Å²) in [5.41, 5.74) is 7.35. The van der Waals surface area contributed by atoms with E-state index in [2.05, 4.69) is 15.9 Å². The lowest BCUT2D eigenvalue weighted by Gasteiger charge is -2.26. The molecule has 94 valence electrons. The third-order valence-electron chi connectivity index (χ3n) is 3.00. The number of benzene rings is 2. The van der Waals surface area contributed by atoms with Crippen molar-refractivity contribution in [3.05, 3.63) is 69.9 Å². The molecule has 2 N–H and O–H groups in total. The summed E-state index contributed by atoms with van der Waals surface area (Å²) >= 11 is 3.49. The first-order chi connectivity index (χ1) is 8.50. The summed E-state index contributed by atoms with van der Waals surface area (Å²) in [6.45, 7) is 1.92. The van der Waals surface area contributed by atoms with Crippen LogP contribution in [0.1, 0.15) is 18.1 Å². The van der Waals surface area contributed by atoms with Gasteiger partial charge in [0.15, 0.2) is 0 Å². The summed E-state index contributed by atoms with van der Waals surface area (Å²) in [4.78, 5) is 0. The van der Waals surface area contributed by atoms with Crippen molar-refractivity contribution in [3.63, 3.8) is 0 Å². The molecule has 2 rings (SSSR count). The van der Waals surface area contributed by atoms with Crippen molar-refractivity contribution < 1.29 is 4.39 Å². The van der Waals surface area contributed by atoms with Crippen LogP contribution in [0.25, 0.3) is 0 Å². The third kappa shape index (κ3) is 2.79. The van der Waals surface area contributed by atoms with Crippen molar-refractivity contribution in [1.29, 1.82) is 0 Å². The second kappa shape index (κ2) is 5.21. The van der Waals surface area contributed by atoms with Crippen molar-refractivity contribution in [3.8, 4) is 0 Å². The Morgan fingerprint density at radius 2 is 1.72 bits per heavy atom. The van der Waals surface area contributed by atoms with E-state index in [0.29, 0.717) is 12.0 Å². The van der Waals surface area contributed by atoms with Gasteiger partial charge in [-0.1, -0.05) is 52.3 Å². The van der Waals surface area contributed by atoms with Crippen LogP contribution in [0.4, 0.5) is 4.39 Å². The van der Waals surface area contributed by atoms with Gasteiger partial charge in [0.2, 0.25) is 0 Å². The van der Waals surface area contributed by atoms with Crippen LogP contribution in [-0.2, 0) is 12.0 Å². The molecule has 2 aromatic carbocycles. The highest BCUT2D eigenvalue weighted by atomic mass is 79.9. The number of rotatable bonds is 3. The minimum absolute atomic E-state index is 0.207. The van der Waals surface area contributed by atoms with Gasteiger partial charge in [-0.05, 0) is 36.6 Å². The maximum atomic E-state index is 13.7. The molecule has 0 amide bonds. The third-order valence-corrected chi connectivity index (χ3v) is 3.70. The largest absolute Gasteiger partial charge is 0.321 e. The zero-order chi connectivity index (χ0) is 13.2. The Hall–Kier alpha value is -1.19. The van der Waals surface area contributed by atoms with Crippen LogP contribution in [0.15, 0.2) is 53.0 Å². The summed E-state index contributed by atoms with van der Waals surface area (Å²) < 4.78 is 14.6. The predicted molar refractivity (Wildman–Crippen MR) is 75.8 cm³/mol. The Morgan fingerprint density at radius 3 is 2.39 bits per heavy atom. The first kappa shape index (κ1) is 13.2. The normalized spacial score (nSPS) is 14.2. The van der Waals surface area contributed by atoms with E-state index in [1.54, 1.807) is 12.1 Å². The Morgan fingerprint density at radius 1 is 1.11 bits per heavy atom. The van der Waals surface area contributed by atoms with Crippen LogP contribution in [-0.4, -0.2) is 0 Å². The van der Waals surface area contributed by atoms with Gasteiger partial charge in [-0.15, -0.1) is 0 Å². The fraction of sp³-hybridized carbons (Fsp3) is 0.200. The highest BCUT2D eigenvalue weighted by Crippen LogP contribution is 2.29. The highest BCUT2D eigenvalue weighted by molar-refractivity contribution is 9.10. The van der Waals surface area contributed by atoms with Gasteiger partial charge < -0.3 is 5.73 Å². The molecule has 0 bridgehead atoms. The monoisotopic (exact) mass is 307 g/mol. The molecular weight excluding hydrogens is 293 g/mol. The molecule has 0 aliphatic carbocycles. The average Bonchev–Trinajstić information content (AvgIpc) is 2.32. The summed E-state index contributed by atoms with van der Waals surface area (Å²) in [6.07, 6.45) is 0.461. The van der Waals surface area contributed by atoms with Gasteiger partial charge in [-0.3, -0.25) is 0 Å². The maximum Gasteiger partial charge on any atom is 0.126 e. The molecule has 0 aliphatic heterocycles. The molecular formula is C15H15BrFN. The zero-order valence-corrected chi connectivity index (χ0v) is 11.7. The molecule has 0 spiro atoms. The van der Waals surface area contributed by atoms with Gasteiger partial charge >= 0.3 is 0 Å². The van der Waals surface area contributed by atoms with Crippen LogP contribution in [0.5, 0.6) is 0 Å². The van der Waals surface area contributed by atoms with Crippen molar-refractivity contribution >= 4 is 15.9 Å². The molecule has 0 heterocycles. The first-order valence-electron chi connectivity index (χ1n) is 5.78. The second-order valence-corrected chi connectivity index (χ2v) is 5.52. The van der Waals surface area contributed by atoms with Crippen LogP contribution in [0.2, 0.25) is 0 Å². The molecule has 3 heteroatoms. The maximum absolute atomic E-state index is 13.7. The summed E-state index contributed by atoms with van der Waals surface area (Å²) in [5, 5.41) is 0. The molecule has 0 aliphatic rings. The minimum Gasteiger partial charge on any atom is -0.321 e. The van der Waals surface area contributed by atoms with Gasteiger partial charge in [0, 0.05) is 10.0 Å². The quantitative estimate of drug-likeness (QED) is 0.911. The van der Waals surface area contributed by atoms with Gasteiger partial charge in [0.1, 0.15) is 5.82 Å². The fourth-order valence-electron chi connectivity index (χ4n) is 2.06. The molecule has 0 saturated carbocycles. The molecule has 1 nitrogen and oxygen atoms in total. The van der Waals surface area contributed by atoms with Crippen LogP contribution in [0.3, 0.4) is 0 Å². The number of hydrogen-bond acceptors (Lipinski definition) is 1. The van der Waals surface area contributed by atoms with Crippen molar-refractivity contribution in [2.75, 3.05) is 0 Å². The van der Waals surface area contributed by atoms with E-state index in [1.807, 2.05) is 37.3 Å². The average molecular weight is 308 g/mol. The van der Waals surface area contributed by atoms with E-state index in [9.17, 15) is 4.39 Å². The van der Waals surface area contributed by atoms with E-state index in [-0.39, 0.29) is 5.82 Å². The number of halogens is 2. The van der Waals surface area contributed by atoms with Crippen molar-refractivity contribution in [2.45, 2.75) is 18.9 Å². The lowest BCUT2D eigenvalue weighted by atomic mass is 9.86. The van der Waals surface area contributed by atoms with E-state index in [1.165, 1.54) is 6.07 Å². The fourth-order valence-corrected chi connectivity index (χ4v) is 2.79. The number of hydrogen-bond donors (Lipinski definition) is 1. The Balaban J connectivity index is 2.33. The van der Waals surface area contributed by atoms with Gasteiger partial charge in [0.05, 0.1) is 0 Å². The minimum atomic E-state index is -0.609. The highest BCUT2D eigenvalue weighted by Gasteiger charge is 2.24. The molecule has 2 aromatic rings. The van der Waals surface area contributed by atoms with Crippen molar-refractivity contribution in [2.24, 2.45) is 5.73 Å². The molecule has 0 saturated heterocycles. The molecule has 1 atom stereocenters. The Kier molecular flexibility index (Phi) is 3.83. The van der Waals surface area contributed by atoms with E-state index in [0.717, 1.165) is 10.0 Å². The molecule has 0 fully saturated rings. The summed E-state index contributed by atoms with van der Waals surface area (Å²) in [5.74, 6) is -0.207. The van der Waals surface area contributed by atoms with Crippen LogP contribution >= 0.6 is 15.9 Å². The summed E-state index contributed by atoms with van der Waals surface area (Å²) in [7, 11) is 0. The lowest BCUT2D eigenvalue weighted by Crippen LogP contribution is -2.36. The van der Waals surface area contributed by atoms with Crippen molar-refractivity contribution in [1.82, 2.24) is 0 Å². The van der Waals surface area contributed by atoms with Crippen LogP contribution in [0, 0.1) is 5.82 Å². The smallest absolute Gasteiger partial charge is 0.126 e. The zero-order valence-electron chi connectivity index (χ0n) is 10.2. The second-order valence-electron chi connectivity index (χ2n) is 4.67. The van der Waals surface area contributed by atoms with Crippen LogP contribution < -0.4 is 5.73 Å². The van der Waals surface area contributed by atoms with E-state index < -0.39 is 5.54 Å². The van der Waals surface area contributed by atoms with Gasteiger partial charge in [-0.2, -0.15) is 0 Å². The standard InChI is InChI=1S/C15H15BrFN/c1-15(18,12-7-3-4-8-13(12)16)10-11-6-2-5-9-14(11)17/h2-9H,10,18H2,1H3. The Bertz CT molecular complexity index is 552. The topological polar surface area (TPSA) is 26.0 Å². The predicted octanol–water partition coefficient (Wildman–Crippen LogP) is 4.00. The molecule has 0 aromatic heterocycles. The van der Waals surface area contributed by atoms with E-state index >= 15 is 0 Å². The molecule has 1 unspecified atom stereocenters. The van der Waals surface area contributed by atoms with Gasteiger partial charge in [-0.25, -0.2) is 4.39 Å². The Labute approximate surface area is 115 Å². The molecule has 0 radical (unpaired) electrons. The SMILES string of the molecule is CC(N)(Cc1ccccc1F)c1ccccc1Br.